The third-order valence-electron chi connectivity index (χ3n) is 2.38. The first kappa shape index (κ1) is 17.2. The summed E-state index contributed by atoms with van der Waals surface area (Å²) in [5, 5.41) is 5.43. The molecule has 1 aromatic rings. The van der Waals surface area contributed by atoms with Crippen molar-refractivity contribution in [3.63, 3.8) is 0 Å². The Morgan fingerprint density at radius 2 is 1.74 bits per heavy atom. The van der Waals surface area contributed by atoms with E-state index < -0.39 is 0 Å². The van der Waals surface area contributed by atoms with Crippen molar-refractivity contribution in [3.8, 4) is 0 Å². The molecule has 2 amide bonds. The van der Waals surface area contributed by atoms with Gasteiger partial charge < -0.3 is 16.4 Å². The topological polar surface area (TPSA) is 84.2 Å². The van der Waals surface area contributed by atoms with E-state index in [9.17, 15) is 9.59 Å². The monoisotopic (exact) mass is 285 g/mol. The Hall–Kier alpha value is -1.75. The van der Waals surface area contributed by atoms with Crippen LogP contribution in [-0.4, -0.2) is 24.9 Å². The van der Waals surface area contributed by atoms with Gasteiger partial charge in [0.25, 0.3) is 5.91 Å². The van der Waals surface area contributed by atoms with Gasteiger partial charge in [-0.1, -0.05) is 6.92 Å². The highest BCUT2D eigenvalue weighted by atomic mass is 35.5. The van der Waals surface area contributed by atoms with Gasteiger partial charge in [0.15, 0.2) is 0 Å². The van der Waals surface area contributed by atoms with E-state index in [1.54, 1.807) is 24.3 Å². The van der Waals surface area contributed by atoms with Gasteiger partial charge in [-0.2, -0.15) is 0 Å². The van der Waals surface area contributed by atoms with Crippen molar-refractivity contribution in [2.45, 2.75) is 19.8 Å². The number of nitrogen functional groups attached to an aromatic ring is 1. The molecule has 0 radical (unpaired) electrons. The van der Waals surface area contributed by atoms with E-state index in [2.05, 4.69) is 10.6 Å². The maximum absolute atomic E-state index is 11.7. The Labute approximate surface area is 119 Å². The smallest absolute Gasteiger partial charge is 0.251 e. The van der Waals surface area contributed by atoms with Crippen molar-refractivity contribution in [2.75, 3.05) is 18.8 Å². The number of carbonyl (C=O) groups is 2. The van der Waals surface area contributed by atoms with E-state index in [1.807, 2.05) is 6.92 Å². The molecular formula is C13H20ClN3O2. The number of halogens is 1. The average Bonchev–Trinajstić information content (AvgIpc) is 2.37. The van der Waals surface area contributed by atoms with Gasteiger partial charge in [0.05, 0.1) is 0 Å². The lowest BCUT2D eigenvalue weighted by Gasteiger charge is -2.06. The van der Waals surface area contributed by atoms with Crippen molar-refractivity contribution >= 4 is 29.9 Å². The van der Waals surface area contributed by atoms with E-state index in [0.29, 0.717) is 30.8 Å². The molecule has 0 aliphatic heterocycles. The average molecular weight is 286 g/mol. The summed E-state index contributed by atoms with van der Waals surface area (Å²) in [7, 11) is 0. The highest BCUT2D eigenvalue weighted by Crippen LogP contribution is 2.04. The van der Waals surface area contributed by atoms with Crippen LogP contribution in [0.25, 0.3) is 0 Å². The molecule has 0 aromatic heterocycles. The van der Waals surface area contributed by atoms with Crippen LogP contribution in [0.3, 0.4) is 0 Å². The van der Waals surface area contributed by atoms with Gasteiger partial charge >= 0.3 is 0 Å². The van der Waals surface area contributed by atoms with Gasteiger partial charge in [0.2, 0.25) is 5.91 Å². The van der Waals surface area contributed by atoms with Crippen molar-refractivity contribution in [3.05, 3.63) is 29.8 Å². The van der Waals surface area contributed by atoms with Crippen LogP contribution in [-0.2, 0) is 4.79 Å². The number of hydrogen-bond donors (Lipinski definition) is 3. The fraction of sp³-hybridized carbons (Fsp3) is 0.385. The van der Waals surface area contributed by atoms with E-state index in [4.69, 9.17) is 5.73 Å². The number of nitrogens with one attached hydrogen (secondary N) is 2. The summed E-state index contributed by atoms with van der Waals surface area (Å²) >= 11 is 0. The molecule has 0 heterocycles. The van der Waals surface area contributed by atoms with Gasteiger partial charge in [-0.05, 0) is 30.7 Å². The van der Waals surface area contributed by atoms with Crippen LogP contribution >= 0.6 is 12.4 Å². The Bertz CT molecular complexity index is 407. The standard InChI is InChI=1S/C13H19N3O2.ClH/c1-2-8-15-12(17)7-9-16-13(18)10-3-5-11(14)6-4-10;/h3-6H,2,7-9,14H2,1H3,(H,15,17)(H,16,18);1H. The quantitative estimate of drug-likeness (QED) is 0.690. The predicted octanol–water partition coefficient (Wildman–Crippen LogP) is 1.34. The van der Waals surface area contributed by atoms with Crippen molar-refractivity contribution < 1.29 is 9.59 Å². The van der Waals surface area contributed by atoms with Crippen LogP contribution in [0.1, 0.15) is 30.1 Å². The zero-order valence-electron chi connectivity index (χ0n) is 10.9. The maximum Gasteiger partial charge on any atom is 0.251 e. The number of anilines is 1. The van der Waals surface area contributed by atoms with Gasteiger partial charge in [0.1, 0.15) is 0 Å². The zero-order chi connectivity index (χ0) is 13.4. The first-order valence-corrected chi connectivity index (χ1v) is 6.04. The Kier molecular flexibility index (Phi) is 8.37. The second-order valence-electron chi connectivity index (χ2n) is 3.98. The van der Waals surface area contributed by atoms with Crippen LogP contribution < -0.4 is 16.4 Å². The number of amides is 2. The first-order chi connectivity index (χ1) is 8.63. The Morgan fingerprint density at radius 1 is 1.11 bits per heavy atom. The largest absolute Gasteiger partial charge is 0.399 e. The normalized spacial score (nSPS) is 9.32. The summed E-state index contributed by atoms with van der Waals surface area (Å²) in [5.74, 6) is -0.243. The second kappa shape index (κ2) is 9.22. The zero-order valence-corrected chi connectivity index (χ0v) is 11.8. The molecule has 106 valence electrons. The molecule has 0 aliphatic carbocycles. The minimum absolute atomic E-state index is 0. The summed E-state index contributed by atoms with van der Waals surface area (Å²) in [4.78, 5) is 23.0. The molecule has 0 bridgehead atoms. The first-order valence-electron chi connectivity index (χ1n) is 6.04. The summed E-state index contributed by atoms with van der Waals surface area (Å²) < 4.78 is 0. The number of nitrogens with two attached hydrogens (primary N) is 1. The number of hydrogen-bond acceptors (Lipinski definition) is 3. The van der Waals surface area contributed by atoms with Crippen LogP contribution in [0.15, 0.2) is 24.3 Å². The molecule has 0 fully saturated rings. The van der Waals surface area contributed by atoms with Crippen molar-refractivity contribution in [1.82, 2.24) is 10.6 Å². The Morgan fingerprint density at radius 3 is 2.32 bits per heavy atom. The molecule has 4 N–H and O–H groups in total. The molecule has 1 rings (SSSR count). The molecule has 0 unspecified atom stereocenters. The maximum atomic E-state index is 11.7. The summed E-state index contributed by atoms with van der Waals surface area (Å²) in [6, 6.07) is 6.65. The van der Waals surface area contributed by atoms with Crippen LogP contribution in [0.4, 0.5) is 5.69 Å². The van der Waals surface area contributed by atoms with Crippen molar-refractivity contribution in [2.24, 2.45) is 0 Å². The van der Waals surface area contributed by atoms with Gasteiger partial charge in [-0.25, -0.2) is 0 Å². The fourth-order valence-corrected chi connectivity index (χ4v) is 1.38. The third-order valence-corrected chi connectivity index (χ3v) is 2.38. The molecule has 19 heavy (non-hydrogen) atoms. The minimum atomic E-state index is -0.196. The lowest BCUT2D eigenvalue weighted by molar-refractivity contribution is -0.120. The molecule has 1 aromatic carbocycles. The third kappa shape index (κ3) is 6.67. The van der Waals surface area contributed by atoms with Crippen LogP contribution in [0, 0.1) is 0 Å². The lowest BCUT2D eigenvalue weighted by atomic mass is 10.2. The SMILES string of the molecule is CCCNC(=O)CCNC(=O)c1ccc(N)cc1.Cl. The van der Waals surface area contributed by atoms with E-state index in [1.165, 1.54) is 0 Å². The van der Waals surface area contributed by atoms with Gasteiger partial charge in [-0.15, -0.1) is 12.4 Å². The summed E-state index contributed by atoms with van der Waals surface area (Å²) in [6.07, 6.45) is 1.20. The predicted molar refractivity (Wildman–Crippen MR) is 78.4 cm³/mol. The molecule has 6 heteroatoms. The van der Waals surface area contributed by atoms with Gasteiger partial charge in [-0.3, -0.25) is 9.59 Å². The second-order valence-corrected chi connectivity index (χ2v) is 3.98. The summed E-state index contributed by atoms with van der Waals surface area (Å²) in [6.45, 7) is 2.99. The highest BCUT2D eigenvalue weighted by Gasteiger charge is 2.05. The summed E-state index contributed by atoms with van der Waals surface area (Å²) in [5.41, 5.74) is 6.68. The molecular weight excluding hydrogens is 266 g/mol. The number of carbonyl (C=O) groups excluding carboxylic acids is 2. The molecule has 0 saturated carbocycles. The number of benzene rings is 1. The van der Waals surface area contributed by atoms with Crippen LogP contribution in [0.5, 0.6) is 0 Å². The van der Waals surface area contributed by atoms with E-state index in [-0.39, 0.29) is 24.2 Å². The molecule has 0 saturated heterocycles. The number of rotatable bonds is 6. The van der Waals surface area contributed by atoms with Crippen molar-refractivity contribution in [1.29, 1.82) is 0 Å². The molecule has 0 atom stereocenters. The highest BCUT2D eigenvalue weighted by molar-refractivity contribution is 5.94. The minimum Gasteiger partial charge on any atom is -0.399 e. The molecule has 0 spiro atoms. The Balaban J connectivity index is 0.00000324. The molecule has 5 nitrogen and oxygen atoms in total. The van der Waals surface area contributed by atoms with Crippen LogP contribution in [0.2, 0.25) is 0 Å². The van der Waals surface area contributed by atoms with Gasteiger partial charge in [0, 0.05) is 30.8 Å². The van der Waals surface area contributed by atoms with E-state index in [0.717, 1.165) is 6.42 Å². The lowest BCUT2D eigenvalue weighted by Crippen LogP contribution is -2.31. The molecule has 0 aliphatic rings. The van der Waals surface area contributed by atoms with E-state index >= 15 is 0 Å². The fourth-order valence-electron chi connectivity index (χ4n) is 1.38.